The molecule has 1 aromatic heterocycles. The van der Waals surface area contributed by atoms with E-state index in [2.05, 4.69) is 0 Å². The van der Waals surface area contributed by atoms with Gasteiger partial charge in [-0.1, -0.05) is 11.6 Å². The number of hydrogen-bond donors (Lipinski definition) is 1. The van der Waals surface area contributed by atoms with E-state index in [0.29, 0.717) is 23.7 Å². The molecule has 0 fully saturated rings. The van der Waals surface area contributed by atoms with Crippen molar-refractivity contribution in [2.75, 3.05) is 0 Å². The summed E-state index contributed by atoms with van der Waals surface area (Å²) in [6.45, 7) is 0.849. The van der Waals surface area contributed by atoms with Gasteiger partial charge >= 0.3 is 0 Å². The van der Waals surface area contributed by atoms with Crippen LogP contribution < -0.4 is 5.73 Å². The molecule has 1 aromatic carbocycles. The largest absolute Gasteiger partial charge is 0.349 e. The summed E-state index contributed by atoms with van der Waals surface area (Å²) in [4.78, 5) is 10.5. The van der Waals surface area contributed by atoms with E-state index in [0.717, 1.165) is 5.56 Å². The molecule has 0 amide bonds. The molecule has 0 unspecified atom stereocenters. The van der Waals surface area contributed by atoms with Crippen molar-refractivity contribution in [1.29, 1.82) is 0 Å². The monoisotopic (exact) mass is 265 g/mol. The van der Waals surface area contributed by atoms with E-state index >= 15 is 0 Å². The summed E-state index contributed by atoms with van der Waals surface area (Å²) in [6, 6.07) is 6.44. The van der Waals surface area contributed by atoms with Gasteiger partial charge in [-0.05, 0) is 23.8 Å². The maximum Gasteiger partial charge on any atom is 0.274 e. The molecule has 0 bridgehead atoms. The average molecular weight is 266 g/mol. The van der Waals surface area contributed by atoms with Crippen LogP contribution >= 0.6 is 11.6 Å². The molecule has 2 rings (SSSR count). The lowest BCUT2D eigenvalue weighted by atomic mass is 10.2. The molecule has 0 spiro atoms. The van der Waals surface area contributed by atoms with Crippen LogP contribution in [-0.2, 0) is 13.1 Å². The molecule has 0 radical (unpaired) electrons. The normalized spacial score (nSPS) is 10.6. The van der Waals surface area contributed by atoms with Crippen molar-refractivity contribution in [3.05, 3.63) is 62.9 Å². The molecule has 6 heteroatoms. The van der Waals surface area contributed by atoms with Gasteiger partial charge < -0.3 is 10.3 Å². The van der Waals surface area contributed by atoms with Crippen molar-refractivity contribution in [3.8, 4) is 0 Å². The Labute approximate surface area is 109 Å². The van der Waals surface area contributed by atoms with Crippen LogP contribution in [0.2, 0.25) is 5.02 Å². The fourth-order valence-corrected chi connectivity index (χ4v) is 1.96. The smallest absolute Gasteiger partial charge is 0.274 e. The van der Waals surface area contributed by atoms with Gasteiger partial charge in [0.05, 0.1) is 17.0 Å². The van der Waals surface area contributed by atoms with E-state index in [1.165, 1.54) is 12.1 Å². The summed E-state index contributed by atoms with van der Waals surface area (Å²) in [6.07, 6.45) is 3.71. The molecule has 5 nitrogen and oxygen atoms in total. The zero-order valence-electron chi connectivity index (χ0n) is 9.54. The second-order valence-corrected chi connectivity index (χ2v) is 4.36. The average Bonchev–Trinajstić information content (AvgIpc) is 2.76. The van der Waals surface area contributed by atoms with Gasteiger partial charge in [-0.25, -0.2) is 0 Å². The Morgan fingerprint density at radius 3 is 2.78 bits per heavy atom. The predicted octanol–water partition coefficient (Wildman–Crippen LogP) is 2.56. The van der Waals surface area contributed by atoms with Crippen molar-refractivity contribution < 1.29 is 4.92 Å². The van der Waals surface area contributed by atoms with Gasteiger partial charge in [0, 0.05) is 30.0 Å². The van der Waals surface area contributed by atoms with Crippen molar-refractivity contribution >= 4 is 17.3 Å². The molecule has 0 saturated heterocycles. The SMILES string of the molecule is NCc1ccn(Cc2cc(Cl)ccc2[N+](=O)[O-])c1. The van der Waals surface area contributed by atoms with E-state index < -0.39 is 4.92 Å². The van der Waals surface area contributed by atoms with Crippen LogP contribution in [0.1, 0.15) is 11.1 Å². The van der Waals surface area contributed by atoms with Crippen molar-refractivity contribution in [2.24, 2.45) is 5.73 Å². The molecular formula is C12H12ClN3O2. The van der Waals surface area contributed by atoms with Gasteiger partial charge in [-0.3, -0.25) is 10.1 Å². The number of nitrogens with zero attached hydrogens (tertiary/aromatic N) is 2. The van der Waals surface area contributed by atoms with Crippen LogP contribution in [0.25, 0.3) is 0 Å². The van der Waals surface area contributed by atoms with E-state index in [-0.39, 0.29) is 5.69 Å². The molecule has 0 aliphatic rings. The topological polar surface area (TPSA) is 74.1 Å². The molecule has 0 aliphatic heterocycles. The Morgan fingerprint density at radius 2 is 2.17 bits per heavy atom. The van der Waals surface area contributed by atoms with Crippen LogP contribution in [0, 0.1) is 10.1 Å². The minimum Gasteiger partial charge on any atom is -0.349 e. The van der Waals surface area contributed by atoms with Gasteiger partial charge in [-0.15, -0.1) is 0 Å². The molecule has 2 aromatic rings. The minimum atomic E-state index is -0.404. The van der Waals surface area contributed by atoms with Gasteiger partial charge in [0.2, 0.25) is 0 Å². The van der Waals surface area contributed by atoms with Crippen molar-refractivity contribution in [3.63, 3.8) is 0 Å². The zero-order valence-corrected chi connectivity index (χ0v) is 10.3. The van der Waals surface area contributed by atoms with Crippen LogP contribution in [0.4, 0.5) is 5.69 Å². The third-order valence-electron chi connectivity index (χ3n) is 2.64. The quantitative estimate of drug-likeness (QED) is 0.682. The number of nitrogens with two attached hydrogens (primary N) is 1. The maximum atomic E-state index is 10.9. The number of rotatable bonds is 4. The maximum absolute atomic E-state index is 10.9. The molecule has 0 atom stereocenters. The number of hydrogen-bond acceptors (Lipinski definition) is 3. The summed E-state index contributed by atoms with van der Waals surface area (Å²) in [5.74, 6) is 0. The highest BCUT2D eigenvalue weighted by Crippen LogP contribution is 2.23. The van der Waals surface area contributed by atoms with Gasteiger partial charge in [0.25, 0.3) is 5.69 Å². The molecule has 0 saturated carbocycles. The summed E-state index contributed by atoms with van der Waals surface area (Å²) in [5, 5.41) is 11.4. The van der Waals surface area contributed by atoms with Crippen LogP contribution in [-0.4, -0.2) is 9.49 Å². The number of halogens is 1. The fraction of sp³-hybridized carbons (Fsp3) is 0.167. The summed E-state index contributed by atoms with van der Waals surface area (Å²) in [7, 11) is 0. The first kappa shape index (κ1) is 12.6. The Morgan fingerprint density at radius 1 is 1.39 bits per heavy atom. The third kappa shape index (κ3) is 2.69. The van der Waals surface area contributed by atoms with Crippen molar-refractivity contribution in [2.45, 2.75) is 13.1 Å². The minimum absolute atomic E-state index is 0.0717. The number of nitro groups is 1. The first-order valence-corrected chi connectivity index (χ1v) is 5.75. The summed E-state index contributed by atoms with van der Waals surface area (Å²) >= 11 is 5.87. The first-order chi connectivity index (χ1) is 8.60. The molecular weight excluding hydrogens is 254 g/mol. The molecule has 94 valence electrons. The molecule has 0 aliphatic carbocycles. The number of nitro benzene ring substituents is 1. The van der Waals surface area contributed by atoms with Crippen LogP contribution in [0.3, 0.4) is 0 Å². The molecule has 1 heterocycles. The standard InChI is InChI=1S/C12H12ClN3O2/c13-11-1-2-12(16(17)18)10(5-11)8-15-4-3-9(6-14)7-15/h1-5,7H,6,8,14H2. The number of benzene rings is 1. The third-order valence-corrected chi connectivity index (χ3v) is 2.87. The van der Waals surface area contributed by atoms with E-state index in [9.17, 15) is 10.1 Å². The molecule has 18 heavy (non-hydrogen) atoms. The van der Waals surface area contributed by atoms with Crippen LogP contribution in [0.5, 0.6) is 0 Å². The lowest BCUT2D eigenvalue weighted by molar-refractivity contribution is -0.385. The second-order valence-electron chi connectivity index (χ2n) is 3.93. The van der Waals surface area contributed by atoms with Crippen LogP contribution in [0.15, 0.2) is 36.7 Å². The Hall–Kier alpha value is -1.85. The zero-order chi connectivity index (χ0) is 13.1. The molecule has 2 N–H and O–H groups in total. The van der Waals surface area contributed by atoms with Gasteiger partial charge in [0.1, 0.15) is 0 Å². The van der Waals surface area contributed by atoms with Gasteiger partial charge in [0.15, 0.2) is 0 Å². The highest BCUT2D eigenvalue weighted by Gasteiger charge is 2.14. The number of aromatic nitrogens is 1. The lowest BCUT2D eigenvalue weighted by Crippen LogP contribution is -2.02. The Kier molecular flexibility index (Phi) is 3.64. The first-order valence-electron chi connectivity index (χ1n) is 5.37. The second kappa shape index (κ2) is 5.20. The Bertz CT molecular complexity index is 580. The summed E-state index contributed by atoms with van der Waals surface area (Å²) in [5.41, 5.74) is 7.15. The van der Waals surface area contributed by atoms with E-state index in [4.69, 9.17) is 17.3 Å². The summed E-state index contributed by atoms with van der Waals surface area (Å²) < 4.78 is 1.85. The predicted molar refractivity (Wildman–Crippen MR) is 69.5 cm³/mol. The van der Waals surface area contributed by atoms with Crippen molar-refractivity contribution in [1.82, 2.24) is 4.57 Å². The highest BCUT2D eigenvalue weighted by molar-refractivity contribution is 6.30. The van der Waals surface area contributed by atoms with E-state index in [1.54, 1.807) is 6.07 Å². The fourth-order valence-electron chi connectivity index (χ4n) is 1.77. The lowest BCUT2D eigenvalue weighted by Gasteiger charge is -2.05. The van der Waals surface area contributed by atoms with E-state index in [1.807, 2.05) is 23.0 Å². The Balaban J connectivity index is 2.32. The highest BCUT2D eigenvalue weighted by atomic mass is 35.5. The van der Waals surface area contributed by atoms with Gasteiger partial charge in [-0.2, -0.15) is 0 Å².